The van der Waals surface area contributed by atoms with E-state index >= 15 is 0 Å². The van der Waals surface area contributed by atoms with Gasteiger partial charge in [0.15, 0.2) is 9.84 Å². The highest BCUT2D eigenvalue weighted by atomic mass is 32.2. The van der Waals surface area contributed by atoms with Crippen molar-refractivity contribution in [2.24, 2.45) is 0 Å². The van der Waals surface area contributed by atoms with Gasteiger partial charge in [-0.1, -0.05) is 6.07 Å². The van der Waals surface area contributed by atoms with E-state index in [1.54, 1.807) is 0 Å². The second kappa shape index (κ2) is 5.95. The van der Waals surface area contributed by atoms with Crippen LogP contribution >= 0.6 is 0 Å². The summed E-state index contributed by atoms with van der Waals surface area (Å²) in [5, 5.41) is 0. The van der Waals surface area contributed by atoms with E-state index in [0.29, 0.717) is 18.9 Å². The van der Waals surface area contributed by atoms with Crippen molar-refractivity contribution in [2.45, 2.75) is 49.3 Å². The smallest absolute Gasteiger partial charge is 0.229 e. The van der Waals surface area contributed by atoms with Gasteiger partial charge in [-0.05, 0) is 43.9 Å². The molecule has 1 aliphatic carbocycles. The predicted octanol–water partition coefficient (Wildman–Crippen LogP) is 2.35. The van der Waals surface area contributed by atoms with Gasteiger partial charge in [-0.15, -0.1) is 0 Å². The summed E-state index contributed by atoms with van der Waals surface area (Å²) in [6, 6.07) is 1.88. The van der Waals surface area contributed by atoms with E-state index in [-0.39, 0.29) is 29.5 Å². The molecule has 3 rings (SSSR count). The van der Waals surface area contributed by atoms with Gasteiger partial charge in [0.2, 0.25) is 10.0 Å². The Labute approximate surface area is 144 Å². The summed E-state index contributed by atoms with van der Waals surface area (Å²) in [7, 11) is -7.52. The average molecular weight is 397 g/mol. The van der Waals surface area contributed by atoms with Crippen molar-refractivity contribution < 1.29 is 30.0 Å². The molecule has 0 unspecified atom stereocenters. The molecule has 0 amide bonds. The predicted molar refractivity (Wildman–Crippen MR) is 85.3 cm³/mol. The molecule has 25 heavy (non-hydrogen) atoms. The fourth-order valence-electron chi connectivity index (χ4n) is 3.18. The van der Waals surface area contributed by atoms with Crippen LogP contribution in [-0.2, 0) is 26.0 Å². The second-order valence-corrected chi connectivity index (χ2v) is 10.7. The quantitative estimate of drug-likeness (QED) is 0.782. The van der Waals surface area contributed by atoms with Gasteiger partial charge in [-0.2, -0.15) is 17.5 Å². The molecular formula is C15H18F3NO4S2. The first-order valence-corrected chi connectivity index (χ1v) is 11.1. The van der Waals surface area contributed by atoms with E-state index in [4.69, 9.17) is 0 Å². The number of sulfonamides is 1. The van der Waals surface area contributed by atoms with Crippen LogP contribution in [0.15, 0.2) is 23.1 Å². The van der Waals surface area contributed by atoms with Gasteiger partial charge in [-0.3, -0.25) is 0 Å². The number of nitrogens with zero attached hydrogens (tertiary/aromatic N) is 1. The van der Waals surface area contributed by atoms with Crippen molar-refractivity contribution in [3.8, 4) is 0 Å². The van der Waals surface area contributed by atoms with Gasteiger partial charge in [0.05, 0.1) is 22.0 Å². The monoisotopic (exact) mass is 397 g/mol. The number of sulfone groups is 1. The Morgan fingerprint density at radius 2 is 1.76 bits per heavy atom. The van der Waals surface area contributed by atoms with Crippen LogP contribution in [0.25, 0.3) is 0 Å². The number of alkyl halides is 3. The minimum absolute atomic E-state index is 0.0622. The Hall–Kier alpha value is -1.13. The molecule has 0 bridgehead atoms. The zero-order valence-electron chi connectivity index (χ0n) is 13.5. The summed E-state index contributed by atoms with van der Waals surface area (Å²) in [6.45, 7) is 1.27. The van der Waals surface area contributed by atoms with Crippen molar-refractivity contribution in [1.29, 1.82) is 0 Å². The fourth-order valence-corrected chi connectivity index (χ4v) is 6.92. The normalized spacial score (nSPS) is 24.0. The molecule has 1 aliphatic heterocycles. The van der Waals surface area contributed by atoms with Crippen LogP contribution in [0.5, 0.6) is 0 Å². The van der Waals surface area contributed by atoms with Crippen LogP contribution in [-0.4, -0.2) is 44.7 Å². The zero-order valence-corrected chi connectivity index (χ0v) is 15.1. The van der Waals surface area contributed by atoms with E-state index < -0.39 is 42.5 Å². The highest BCUT2D eigenvalue weighted by molar-refractivity contribution is 7.92. The summed E-state index contributed by atoms with van der Waals surface area (Å²) in [5.41, 5.74) is -1.06. The SMILES string of the molecule is Cc1ccc(S(=O)(=O)N(C2CC2)[C@@H]2CCS(=O)(=O)C2)cc1C(F)(F)F. The Morgan fingerprint density at radius 3 is 2.24 bits per heavy atom. The van der Waals surface area contributed by atoms with E-state index in [1.807, 2.05) is 0 Å². The van der Waals surface area contributed by atoms with E-state index in [1.165, 1.54) is 6.92 Å². The Kier molecular flexibility index (Phi) is 4.44. The standard InChI is InChI=1S/C15H18F3NO4S2/c1-10-2-5-13(8-14(10)15(16,17)18)25(22,23)19(11-3-4-11)12-6-7-24(20,21)9-12/h2,5,8,11-12H,3-4,6-7,9H2,1H3/t12-/m1/s1. The van der Waals surface area contributed by atoms with Crippen molar-refractivity contribution in [1.82, 2.24) is 4.31 Å². The first-order chi connectivity index (χ1) is 11.4. The Morgan fingerprint density at radius 1 is 1.12 bits per heavy atom. The van der Waals surface area contributed by atoms with Gasteiger partial charge in [0.1, 0.15) is 0 Å². The molecule has 1 atom stereocenters. The van der Waals surface area contributed by atoms with Crippen molar-refractivity contribution in [3.05, 3.63) is 29.3 Å². The molecule has 0 spiro atoms. The molecule has 5 nitrogen and oxygen atoms in total. The van der Waals surface area contributed by atoms with Crippen LogP contribution in [0.4, 0.5) is 13.2 Å². The number of benzene rings is 1. The Balaban J connectivity index is 2.02. The van der Waals surface area contributed by atoms with E-state index in [9.17, 15) is 30.0 Å². The second-order valence-electron chi connectivity index (χ2n) is 6.60. The fraction of sp³-hybridized carbons (Fsp3) is 0.600. The molecule has 2 fully saturated rings. The first kappa shape index (κ1) is 18.7. The molecule has 0 N–H and O–H groups in total. The summed E-state index contributed by atoms with van der Waals surface area (Å²) < 4.78 is 89.8. The summed E-state index contributed by atoms with van der Waals surface area (Å²) >= 11 is 0. The molecular weight excluding hydrogens is 379 g/mol. The Bertz CT molecular complexity index is 890. The average Bonchev–Trinajstić information content (AvgIpc) is 3.21. The largest absolute Gasteiger partial charge is 0.416 e. The molecule has 10 heteroatoms. The minimum atomic E-state index is -4.66. The summed E-state index contributed by atoms with van der Waals surface area (Å²) in [5.74, 6) is -0.376. The van der Waals surface area contributed by atoms with Crippen molar-refractivity contribution in [2.75, 3.05) is 11.5 Å². The van der Waals surface area contributed by atoms with Crippen LogP contribution in [0.1, 0.15) is 30.4 Å². The number of hydrogen-bond acceptors (Lipinski definition) is 4. The van der Waals surface area contributed by atoms with Crippen LogP contribution in [0, 0.1) is 6.92 Å². The third kappa shape index (κ3) is 3.70. The molecule has 1 saturated heterocycles. The van der Waals surface area contributed by atoms with Crippen molar-refractivity contribution in [3.63, 3.8) is 0 Å². The maximum Gasteiger partial charge on any atom is 0.416 e. The summed E-state index contributed by atoms with van der Waals surface area (Å²) in [6.07, 6.45) is -3.30. The molecule has 1 aromatic carbocycles. The third-order valence-corrected chi connectivity index (χ3v) is 8.32. The molecule has 1 heterocycles. The van der Waals surface area contributed by atoms with Crippen LogP contribution < -0.4 is 0 Å². The molecule has 0 radical (unpaired) electrons. The van der Waals surface area contributed by atoms with Crippen LogP contribution in [0.3, 0.4) is 0 Å². The highest BCUT2D eigenvalue weighted by Crippen LogP contribution is 2.39. The molecule has 140 valence electrons. The van der Waals surface area contributed by atoms with Gasteiger partial charge < -0.3 is 0 Å². The lowest BCUT2D eigenvalue weighted by Gasteiger charge is -2.27. The number of halogens is 3. The zero-order chi connectivity index (χ0) is 18.6. The van der Waals surface area contributed by atoms with Crippen LogP contribution in [0.2, 0.25) is 0 Å². The van der Waals surface area contributed by atoms with Gasteiger partial charge >= 0.3 is 6.18 Å². The molecule has 2 aliphatic rings. The molecule has 1 saturated carbocycles. The lowest BCUT2D eigenvalue weighted by atomic mass is 10.1. The third-order valence-electron chi connectivity index (χ3n) is 4.56. The lowest BCUT2D eigenvalue weighted by molar-refractivity contribution is -0.138. The topological polar surface area (TPSA) is 71.5 Å². The number of rotatable bonds is 4. The lowest BCUT2D eigenvalue weighted by Crippen LogP contribution is -2.42. The summed E-state index contributed by atoms with van der Waals surface area (Å²) in [4.78, 5) is -0.443. The minimum Gasteiger partial charge on any atom is -0.229 e. The van der Waals surface area contributed by atoms with Gasteiger partial charge in [-0.25, -0.2) is 16.8 Å². The highest BCUT2D eigenvalue weighted by Gasteiger charge is 2.46. The van der Waals surface area contributed by atoms with E-state index in [2.05, 4.69) is 0 Å². The van der Waals surface area contributed by atoms with E-state index in [0.717, 1.165) is 16.4 Å². The van der Waals surface area contributed by atoms with Gasteiger partial charge in [0.25, 0.3) is 0 Å². The first-order valence-electron chi connectivity index (χ1n) is 7.84. The molecule has 1 aromatic rings. The number of aryl methyl sites for hydroxylation is 1. The molecule has 0 aromatic heterocycles. The van der Waals surface area contributed by atoms with Gasteiger partial charge in [0, 0.05) is 12.1 Å². The van der Waals surface area contributed by atoms with Crippen molar-refractivity contribution >= 4 is 19.9 Å². The maximum atomic E-state index is 13.1. The number of hydrogen-bond donors (Lipinski definition) is 0. The maximum absolute atomic E-state index is 13.1.